The van der Waals surface area contributed by atoms with Gasteiger partial charge >= 0.3 is 0 Å². The summed E-state index contributed by atoms with van der Waals surface area (Å²) in [6.07, 6.45) is 7.82. The van der Waals surface area contributed by atoms with Crippen LogP contribution in [0.25, 0.3) is 0 Å². The first-order valence-electron chi connectivity index (χ1n) is 7.32. The van der Waals surface area contributed by atoms with E-state index in [1.54, 1.807) is 0 Å². The molecule has 1 fully saturated rings. The van der Waals surface area contributed by atoms with Crippen LogP contribution in [0.15, 0.2) is 18.2 Å². The number of nitrogens with one attached hydrogen (secondary N) is 1. The van der Waals surface area contributed by atoms with E-state index in [4.69, 9.17) is 4.74 Å². The van der Waals surface area contributed by atoms with Crippen molar-refractivity contribution in [2.45, 2.75) is 44.6 Å². The molecule has 0 saturated heterocycles. The van der Waals surface area contributed by atoms with Gasteiger partial charge in [-0.05, 0) is 44.2 Å². The highest BCUT2D eigenvalue weighted by Gasteiger charge is 2.28. The smallest absolute Gasteiger partial charge is 0.127 e. The van der Waals surface area contributed by atoms with Crippen molar-refractivity contribution in [2.75, 3.05) is 13.7 Å². The first-order valence-corrected chi connectivity index (χ1v) is 7.32. The zero-order valence-electron chi connectivity index (χ0n) is 11.2. The second-order valence-corrected chi connectivity index (χ2v) is 5.60. The highest BCUT2D eigenvalue weighted by atomic mass is 16.5. The quantitative estimate of drug-likeness (QED) is 0.880. The van der Waals surface area contributed by atoms with Crippen molar-refractivity contribution >= 4 is 0 Å². The molecule has 1 N–H and O–H groups in total. The molecule has 3 rings (SSSR count). The van der Waals surface area contributed by atoms with Gasteiger partial charge in [-0.15, -0.1) is 0 Å². The Morgan fingerprint density at radius 2 is 2.06 bits per heavy atom. The summed E-state index contributed by atoms with van der Waals surface area (Å²) in [6, 6.07) is 7.14. The fourth-order valence-electron chi connectivity index (χ4n) is 3.60. The summed E-state index contributed by atoms with van der Waals surface area (Å²) < 4.78 is 5.96. The number of aryl methyl sites for hydroxylation is 1. The van der Waals surface area contributed by atoms with Crippen LogP contribution >= 0.6 is 0 Å². The maximum Gasteiger partial charge on any atom is 0.127 e. The molecule has 0 spiro atoms. The molecule has 1 unspecified atom stereocenters. The molecule has 0 radical (unpaired) electrons. The highest BCUT2D eigenvalue weighted by Crippen LogP contribution is 2.41. The predicted octanol–water partition coefficient (Wildman–Crippen LogP) is 3.46. The summed E-state index contributed by atoms with van der Waals surface area (Å²) in [7, 11) is 2.09. The molecule has 2 aliphatic rings. The van der Waals surface area contributed by atoms with E-state index in [9.17, 15) is 0 Å². The maximum atomic E-state index is 5.96. The lowest BCUT2D eigenvalue weighted by Crippen LogP contribution is -2.25. The van der Waals surface area contributed by atoms with Gasteiger partial charge in [-0.25, -0.2) is 0 Å². The number of ether oxygens (including phenoxy) is 1. The number of benzene rings is 1. The average molecular weight is 245 g/mol. The lowest BCUT2D eigenvalue weighted by atomic mass is 9.89. The van der Waals surface area contributed by atoms with Crippen LogP contribution in [-0.2, 0) is 6.42 Å². The Balaban J connectivity index is 1.93. The van der Waals surface area contributed by atoms with Crippen LogP contribution < -0.4 is 10.1 Å². The van der Waals surface area contributed by atoms with E-state index >= 15 is 0 Å². The third-order valence-electron chi connectivity index (χ3n) is 4.48. The fourth-order valence-corrected chi connectivity index (χ4v) is 3.60. The van der Waals surface area contributed by atoms with Gasteiger partial charge in [-0.3, -0.25) is 0 Å². The Bertz CT molecular complexity index is 410. The van der Waals surface area contributed by atoms with E-state index in [1.165, 1.54) is 49.0 Å². The molecule has 1 atom stereocenters. The normalized spacial score (nSPS) is 21.4. The molecule has 1 aromatic carbocycles. The number of rotatable bonds is 3. The van der Waals surface area contributed by atoms with Crippen molar-refractivity contribution < 1.29 is 4.74 Å². The lowest BCUT2D eigenvalue weighted by Gasteiger charge is -2.28. The van der Waals surface area contributed by atoms with Crippen molar-refractivity contribution in [3.8, 4) is 5.75 Å². The minimum absolute atomic E-state index is 0.473. The van der Waals surface area contributed by atoms with E-state index in [-0.39, 0.29) is 0 Å². The van der Waals surface area contributed by atoms with Crippen LogP contribution in [0.2, 0.25) is 0 Å². The van der Waals surface area contributed by atoms with Gasteiger partial charge in [0.1, 0.15) is 5.75 Å². The molecule has 18 heavy (non-hydrogen) atoms. The predicted molar refractivity (Wildman–Crippen MR) is 74.0 cm³/mol. The Morgan fingerprint density at radius 3 is 2.83 bits per heavy atom. The molecule has 98 valence electrons. The van der Waals surface area contributed by atoms with Gasteiger partial charge < -0.3 is 10.1 Å². The molecule has 1 saturated carbocycles. The summed E-state index contributed by atoms with van der Waals surface area (Å²) in [4.78, 5) is 0. The summed E-state index contributed by atoms with van der Waals surface area (Å²) in [5, 5.41) is 3.53. The minimum atomic E-state index is 0.473. The van der Waals surface area contributed by atoms with Crippen LogP contribution in [-0.4, -0.2) is 13.7 Å². The summed E-state index contributed by atoms with van der Waals surface area (Å²) >= 11 is 0. The van der Waals surface area contributed by atoms with Gasteiger partial charge in [0.15, 0.2) is 0 Å². The zero-order valence-corrected chi connectivity index (χ0v) is 11.2. The molecular formula is C16H23NO. The SMILES string of the molecule is CNC(c1cccc2c1OCCC2)C1CCCC1. The average Bonchev–Trinajstić information content (AvgIpc) is 2.94. The standard InChI is InChI=1S/C16H23NO/c1-17-15(12-6-2-3-7-12)14-10-4-8-13-9-5-11-18-16(13)14/h4,8,10,12,15,17H,2-3,5-7,9,11H2,1H3. The molecule has 2 heteroatoms. The summed E-state index contributed by atoms with van der Waals surface area (Å²) in [6.45, 7) is 0.880. The van der Waals surface area contributed by atoms with Crippen molar-refractivity contribution in [1.29, 1.82) is 0 Å². The second-order valence-electron chi connectivity index (χ2n) is 5.60. The van der Waals surface area contributed by atoms with Gasteiger partial charge in [0.2, 0.25) is 0 Å². The van der Waals surface area contributed by atoms with E-state index in [0.29, 0.717) is 6.04 Å². The molecule has 2 nitrogen and oxygen atoms in total. The van der Waals surface area contributed by atoms with Crippen molar-refractivity contribution in [2.24, 2.45) is 5.92 Å². The Kier molecular flexibility index (Phi) is 3.55. The van der Waals surface area contributed by atoms with Crippen molar-refractivity contribution in [1.82, 2.24) is 5.32 Å². The molecule has 0 bridgehead atoms. The molecule has 1 aliphatic carbocycles. The summed E-state index contributed by atoms with van der Waals surface area (Å²) in [5.74, 6) is 1.96. The number of fused-ring (bicyclic) bond motifs is 1. The molecule has 1 aliphatic heterocycles. The van der Waals surface area contributed by atoms with E-state index in [0.717, 1.165) is 18.9 Å². The fraction of sp³-hybridized carbons (Fsp3) is 0.625. The number of hydrogen-bond donors (Lipinski definition) is 1. The third kappa shape index (κ3) is 2.14. The first kappa shape index (κ1) is 12.0. The third-order valence-corrected chi connectivity index (χ3v) is 4.48. The van der Waals surface area contributed by atoms with Crippen LogP contribution in [0.4, 0.5) is 0 Å². The second kappa shape index (κ2) is 5.31. The Labute approximate surface area is 110 Å². The molecule has 1 aromatic rings. The topological polar surface area (TPSA) is 21.3 Å². The molecular weight excluding hydrogens is 222 g/mol. The minimum Gasteiger partial charge on any atom is -0.493 e. The van der Waals surface area contributed by atoms with Crippen molar-refractivity contribution in [3.63, 3.8) is 0 Å². The molecule has 0 amide bonds. The molecule has 1 heterocycles. The van der Waals surface area contributed by atoms with E-state index in [1.807, 2.05) is 0 Å². The summed E-state index contributed by atoms with van der Waals surface area (Å²) in [5.41, 5.74) is 2.79. The lowest BCUT2D eigenvalue weighted by molar-refractivity contribution is 0.275. The van der Waals surface area contributed by atoms with E-state index in [2.05, 4.69) is 30.6 Å². The van der Waals surface area contributed by atoms with Gasteiger partial charge in [0.25, 0.3) is 0 Å². The van der Waals surface area contributed by atoms with Gasteiger partial charge in [0.05, 0.1) is 6.61 Å². The van der Waals surface area contributed by atoms with Crippen LogP contribution in [0.1, 0.15) is 49.3 Å². The van der Waals surface area contributed by atoms with Crippen LogP contribution in [0, 0.1) is 5.92 Å². The first-order chi connectivity index (χ1) is 8.90. The van der Waals surface area contributed by atoms with Gasteiger partial charge in [-0.1, -0.05) is 31.0 Å². The monoisotopic (exact) mass is 245 g/mol. The van der Waals surface area contributed by atoms with Crippen molar-refractivity contribution in [3.05, 3.63) is 29.3 Å². The zero-order chi connectivity index (χ0) is 12.4. The number of para-hydroxylation sites is 1. The highest BCUT2D eigenvalue weighted by molar-refractivity contribution is 5.44. The van der Waals surface area contributed by atoms with Crippen LogP contribution in [0.3, 0.4) is 0 Å². The van der Waals surface area contributed by atoms with Gasteiger partial charge in [0, 0.05) is 11.6 Å². The maximum absolute atomic E-state index is 5.96. The van der Waals surface area contributed by atoms with Crippen LogP contribution in [0.5, 0.6) is 5.75 Å². The molecule has 0 aromatic heterocycles. The number of hydrogen-bond acceptors (Lipinski definition) is 2. The Hall–Kier alpha value is -1.02. The van der Waals surface area contributed by atoms with Gasteiger partial charge in [-0.2, -0.15) is 0 Å². The Morgan fingerprint density at radius 1 is 1.22 bits per heavy atom. The van der Waals surface area contributed by atoms with E-state index < -0.39 is 0 Å². The largest absolute Gasteiger partial charge is 0.493 e.